The van der Waals surface area contributed by atoms with Gasteiger partial charge in [-0.05, 0) is 19.4 Å². The lowest BCUT2D eigenvalue weighted by Crippen LogP contribution is -2.49. The predicted molar refractivity (Wildman–Crippen MR) is 63.7 cm³/mol. The minimum atomic E-state index is -0.649. The first kappa shape index (κ1) is 13.0. The molecule has 1 aliphatic rings. The molecule has 1 fully saturated rings. The van der Waals surface area contributed by atoms with Crippen LogP contribution >= 0.6 is 0 Å². The second-order valence-corrected chi connectivity index (χ2v) is 4.49. The van der Waals surface area contributed by atoms with E-state index in [1.807, 2.05) is 6.92 Å². The van der Waals surface area contributed by atoms with Gasteiger partial charge in [-0.15, -0.1) is 0 Å². The molecule has 18 heavy (non-hydrogen) atoms. The first-order valence-electron chi connectivity index (χ1n) is 6.04. The van der Waals surface area contributed by atoms with Crippen molar-refractivity contribution in [3.05, 3.63) is 35.4 Å². The summed E-state index contributed by atoms with van der Waals surface area (Å²) in [6.07, 6.45) is 0.908. The van der Waals surface area contributed by atoms with Crippen LogP contribution in [0.2, 0.25) is 0 Å². The number of piperidine rings is 1. The van der Waals surface area contributed by atoms with Crippen molar-refractivity contribution >= 4 is 5.91 Å². The maximum absolute atomic E-state index is 13.8. The predicted octanol–water partition coefficient (Wildman–Crippen LogP) is 1.98. The zero-order valence-electron chi connectivity index (χ0n) is 10.2. The van der Waals surface area contributed by atoms with Crippen LogP contribution in [0, 0.1) is 11.6 Å². The van der Waals surface area contributed by atoms with Crippen LogP contribution in [0.5, 0.6) is 0 Å². The van der Waals surface area contributed by atoms with Crippen molar-refractivity contribution in [3.63, 3.8) is 0 Å². The van der Waals surface area contributed by atoms with E-state index in [-0.39, 0.29) is 11.9 Å². The van der Waals surface area contributed by atoms with Crippen LogP contribution in [0.25, 0.3) is 0 Å². The van der Waals surface area contributed by atoms with Crippen LogP contribution in [0.15, 0.2) is 18.2 Å². The number of likely N-dealkylation sites (tertiary alicyclic amines) is 1. The Morgan fingerprint density at radius 2 is 2.17 bits per heavy atom. The topological polar surface area (TPSA) is 46.3 Å². The first-order valence-corrected chi connectivity index (χ1v) is 6.04. The third-order valence-corrected chi connectivity index (χ3v) is 3.38. The number of carbonyl (C=O) groups is 1. The minimum absolute atomic E-state index is 0.0343. The molecule has 2 rings (SSSR count). The summed E-state index contributed by atoms with van der Waals surface area (Å²) >= 11 is 0. The van der Waals surface area contributed by atoms with Gasteiger partial charge in [0, 0.05) is 30.6 Å². The summed E-state index contributed by atoms with van der Waals surface area (Å²) in [6.45, 7) is 2.29. The van der Waals surface area contributed by atoms with Gasteiger partial charge >= 0.3 is 0 Å². The number of rotatable bonds is 2. The molecule has 2 unspecified atom stereocenters. The fourth-order valence-electron chi connectivity index (χ4n) is 2.49. The van der Waals surface area contributed by atoms with Gasteiger partial charge in [0.25, 0.3) is 0 Å². The molecular formula is C13H16F2N2O. The number of amides is 1. The minimum Gasteiger partial charge on any atom is -0.334 e. The van der Waals surface area contributed by atoms with E-state index in [0.29, 0.717) is 24.9 Å². The Morgan fingerprint density at radius 3 is 2.78 bits per heavy atom. The Hall–Kier alpha value is -1.49. The molecule has 0 spiro atoms. The molecule has 0 aliphatic carbocycles. The molecule has 0 aromatic heterocycles. The number of hydrogen-bond acceptors (Lipinski definition) is 2. The molecule has 1 aliphatic heterocycles. The highest BCUT2D eigenvalue weighted by Gasteiger charge is 2.35. The molecule has 0 bridgehead atoms. The lowest BCUT2D eigenvalue weighted by atomic mass is 9.90. The number of carbonyl (C=O) groups excluding carboxylic acids is 1. The summed E-state index contributed by atoms with van der Waals surface area (Å²) in [5.41, 5.74) is 6.28. The highest BCUT2D eigenvalue weighted by Crippen LogP contribution is 2.32. The SMILES string of the molecule is CCN1C(=O)CCC(N)C1c1ccc(F)cc1F. The van der Waals surface area contributed by atoms with Crippen LogP contribution in [-0.4, -0.2) is 23.4 Å². The Morgan fingerprint density at radius 1 is 1.44 bits per heavy atom. The van der Waals surface area contributed by atoms with Gasteiger partial charge < -0.3 is 10.6 Å². The van der Waals surface area contributed by atoms with Crippen LogP contribution < -0.4 is 5.73 Å². The van der Waals surface area contributed by atoms with E-state index in [4.69, 9.17) is 5.73 Å². The molecule has 98 valence electrons. The Kier molecular flexibility index (Phi) is 3.61. The number of halogens is 2. The van der Waals surface area contributed by atoms with Crippen molar-refractivity contribution in [3.8, 4) is 0 Å². The summed E-state index contributed by atoms with van der Waals surface area (Å²) in [5, 5.41) is 0. The highest BCUT2D eigenvalue weighted by atomic mass is 19.1. The van der Waals surface area contributed by atoms with Crippen molar-refractivity contribution in [1.82, 2.24) is 4.90 Å². The molecule has 3 nitrogen and oxygen atoms in total. The van der Waals surface area contributed by atoms with Gasteiger partial charge in [-0.1, -0.05) is 6.07 Å². The van der Waals surface area contributed by atoms with E-state index < -0.39 is 17.7 Å². The van der Waals surface area contributed by atoms with Crippen LogP contribution in [0.1, 0.15) is 31.4 Å². The molecule has 0 radical (unpaired) electrons. The summed E-state index contributed by atoms with van der Waals surface area (Å²) < 4.78 is 26.7. The van der Waals surface area contributed by atoms with Gasteiger partial charge in [0.05, 0.1) is 6.04 Å². The molecule has 2 N–H and O–H groups in total. The highest BCUT2D eigenvalue weighted by molar-refractivity contribution is 5.77. The maximum Gasteiger partial charge on any atom is 0.223 e. The summed E-state index contributed by atoms with van der Waals surface area (Å²) in [7, 11) is 0. The Bertz CT molecular complexity index is 464. The first-order chi connectivity index (χ1) is 8.54. The zero-order chi connectivity index (χ0) is 13.3. The summed E-state index contributed by atoms with van der Waals surface area (Å²) in [5.74, 6) is -1.31. The lowest BCUT2D eigenvalue weighted by molar-refractivity contribution is -0.137. The standard InChI is InChI=1S/C13H16F2N2O/c1-2-17-12(18)6-5-11(16)13(17)9-4-3-8(14)7-10(9)15/h3-4,7,11,13H,2,5-6,16H2,1H3. The van der Waals surface area contributed by atoms with Crippen LogP contribution in [-0.2, 0) is 4.79 Å². The monoisotopic (exact) mass is 254 g/mol. The number of likely N-dealkylation sites (N-methyl/N-ethyl adjacent to an activating group) is 1. The van der Waals surface area contributed by atoms with E-state index in [1.165, 1.54) is 12.1 Å². The molecule has 5 heteroatoms. The van der Waals surface area contributed by atoms with Crippen molar-refractivity contribution in [1.29, 1.82) is 0 Å². The van der Waals surface area contributed by atoms with E-state index in [9.17, 15) is 13.6 Å². The third-order valence-electron chi connectivity index (χ3n) is 3.38. The van der Waals surface area contributed by atoms with Gasteiger partial charge in [0.1, 0.15) is 11.6 Å². The van der Waals surface area contributed by atoms with Crippen molar-refractivity contribution in [2.45, 2.75) is 31.8 Å². The summed E-state index contributed by atoms with van der Waals surface area (Å²) in [6, 6.07) is 2.57. The molecule has 1 aromatic rings. The average molecular weight is 254 g/mol. The second-order valence-electron chi connectivity index (χ2n) is 4.49. The number of hydrogen-bond donors (Lipinski definition) is 1. The summed E-state index contributed by atoms with van der Waals surface area (Å²) in [4.78, 5) is 13.4. The van der Waals surface area contributed by atoms with Crippen LogP contribution in [0.3, 0.4) is 0 Å². The van der Waals surface area contributed by atoms with Crippen molar-refractivity contribution < 1.29 is 13.6 Å². The average Bonchev–Trinajstić information content (AvgIpc) is 2.33. The second kappa shape index (κ2) is 5.02. The fourth-order valence-corrected chi connectivity index (χ4v) is 2.49. The normalized spacial score (nSPS) is 24.4. The van der Waals surface area contributed by atoms with E-state index in [1.54, 1.807) is 4.90 Å². The fraction of sp³-hybridized carbons (Fsp3) is 0.462. The molecular weight excluding hydrogens is 238 g/mol. The quantitative estimate of drug-likeness (QED) is 0.877. The Balaban J connectivity index is 2.41. The van der Waals surface area contributed by atoms with E-state index >= 15 is 0 Å². The van der Waals surface area contributed by atoms with Crippen molar-refractivity contribution in [2.24, 2.45) is 5.73 Å². The number of benzene rings is 1. The van der Waals surface area contributed by atoms with Crippen molar-refractivity contribution in [2.75, 3.05) is 6.54 Å². The molecule has 0 saturated carbocycles. The molecule has 1 heterocycles. The molecule has 2 atom stereocenters. The number of nitrogens with zero attached hydrogens (tertiary/aromatic N) is 1. The zero-order valence-corrected chi connectivity index (χ0v) is 10.2. The maximum atomic E-state index is 13.8. The van der Waals surface area contributed by atoms with Gasteiger partial charge in [0.15, 0.2) is 0 Å². The lowest BCUT2D eigenvalue weighted by Gasteiger charge is -2.39. The molecule has 1 aromatic carbocycles. The van der Waals surface area contributed by atoms with Gasteiger partial charge in [-0.3, -0.25) is 4.79 Å². The van der Waals surface area contributed by atoms with Gasteiger partial charge in [0.2, 0.25) is 5.91 Å². The van der Waals surface area contributed by atoms with E-state index in [0.717, 1.165) is 6.07 Å². The van der Waals surface area contributed by atoms with E-state index in [2.05, 4.69) is 0 Å². The largest absolute Gasteiger partial charge is 0.334 e. The van der Waals surface area contributed by atoms with Crippen LogP contribution in [0.4, 0.5) is 8.78 Å². The Labute approximate surface area is 105 Å². The number of nitrogens with two attached hydrogens (primary N) is 1. The molecule has 1 saturated heterocycles. The third kappa shape index (κ3) is 2.22. The smallest absolute Gasteiger partial charge is 0.223 e. The van der Waals surface area contributed by atoms with Gasteiger partial charge in [-0.2, -0.15) is 0 Å². The molecule has 1 amide bonds. The van der Waals surface area contributed by atoms with Gasteiger partial charge in [-0.25, -0.2) is 8.78 Å².